The van der Waals surface area contributed by atoms with E-state index in [1.165, 1.54) is 0 Å². The first-order valence-electron chi connectivity index (χ1n) is 6.47. The fourth-order valence-electron chi connectivity index (χ4n) is 2.09. The molecule has 104 valence electrons. The summed E-state index contributed by atoms with van der Waals surface area (Å²) in [6.45, 7) is 4.54. The van der Waals surface area contributed by atoms with Crippen LogP contribution in [0, 0.1) is 6.92 Å². The van der Waals surface area contributed by atoms with Crippen molar-refractivity contribution in [2.45, 2.75) is 13.8 Å². The topological polar surface area (TPSA) is 71.2 Å². The van der Waals surface area contributed by atoms with Crippen molar-refractivity contribution in [3.63, 3.8) is 0 Å². The van der Waals surface area contributed by atoms with E-state index in [-0.39, 0.29) is 5.91 Å². The molecule has 0 radical (unpaired) electrons. The van der Waals surface area contributed by atoms with Gasteiger partial charge in [0, 0.05) is 24.0 Å². The quantitative estimate of drug-likeness (QED) is 0.661. The third kappa shape index (κ3) is 2.78. The maximum atomic E-state index is 12.6. The number of rotatable bonds is 4. The summed E-state index contributed by atoms with van der Waals surface area (Å²) in [4.78, 5) is 18.4. The molecule has 0 aliphatic rings. The predicted molar refractivity (Wildman–Crippen MR) is 80.6 cm³/mol. The van der Waals surface area contributed by atoms with Gasteiger partial charge in [-0.05, 0) is 37.6 Å². The molecule has 1 aromatic heterocycles. The number of aromatic nitrogens is 1. The van der Waals surface area contributed by atoms with Crippen LogP contribution >= 0.6 is 0 Å². The van der Waals surface area contributed by atoms with Gasteiger partial charge in [-0.15, -0.1) is 0 Å². The lowest BCUT2D eigenvalue weighted by atomic mass is 10.1. The Morgan fingerprint density at radius 3 is 2.75 bits per heavy atom. The van der Waals surface area contributed by atoms with E-state index in [2.05, 4.69) is 10.4 Å². The molecule has 0 aliphatic heterocycles. The van der Waals surface area contributed by atoms with Gasteiger partial charge in [0.1, 0.15) is 5.82 Å². The van der Waals surface area contributed by atoms with Crippen LogP contribution in [-0.4, -0.2) is 17.4 Å². The maximum absolute atomic E-state index is 12.6. The Morgan fingerprint density at radius 1 is 1.35 bits per heavy atom. The number of hydrogen-bond acceptors (Lipinski definition) is 4. The largest absolute Gasteiger partial charge is 0.308 e. The molecule has 0 fully saturated rings. The number of nitrogens with zero attached hydrogens (tertiary/aromatic N) is 2. The molecule has 0 bridgehead atoms. The summed E-state index contributed by atoms with van der Waals surface area (Å²) in [7, 11) is 0. The van der Waals surface area contributed by atoms with Crippen molar-refractivity contribution in [1.29, 1.82) is 0 Å². The predicted octanol–water partition coefficient (Wildman–Crippen LogP) is 2.34. The van der Waals surface area contributed by atoms with Gasteiger partial charge >= 0.3 is 0 Å². The van der Waals surface area contributed by atoms with Crippen LogP contribution in [-0.2, 0) is 0 Å². The van der Waals surface area contributed by atoms with Crippen molar-refractivity contribution in [3.8, 4) is 0 Å². The molecule has 1 amide bonds. The van der Waals surface area contributed by atoms with Crippen LogP contribution < -0.4 is 16.2 Å². The molecule has 5 heteroatoms. The minimum atomic E-state index is -0.0688. The van der Waals surface area contributed by atoms with Crippen LogP contribution in [0.5, 0.6) is 0 Å². The molecule has 1 heterocycles. The van der Waals surface area contributed by atoms with Gasteiger partial charge in [-0.3, -0.25) is 4.79 Å². The Hall–Kier alpha value is -2.40. The average Bonchev–Trinajstić information content (AvgIpc) is 2.49. The smallest absolute Gasteiger partial charge is 0.258 e. The lowest BCUT2D eigenvalue weighted by molar-refractivity contribution is 0.0988. The van der Waals surface area contributed by atoms with Gasteiger partial charge < -0.3 is 10.3 Å². The first kappa shape index (κ1) is 14.0. The highest BCUT2D eigenvalue weighted by Crippen LogP contribution is 2.21. The van der Waals surface area contributed by atoms with E-state index in [9.17, 15) is 4.79 Å². The summed E-state index contributed by atoms with van der Waals surface area (Å²) in [5.74, 6) is 5.73. The molecule has 2 rings (SSSR count). The number of anilines is 2. The number of aryl methyl sites for hydroxylation is 1. The Balaban J connectivity index is 2.36. The van der Waals surface area contributed by atoms with E-state index in [0.29, 0.717) is 17.9 Å². The van der Waals surface area contributed by atoms with Crippen molar-refractivity contribution in [3.05, 3.63) is 53.7 Å². The third-order valence-corrected chi connectivity index (χ3v) is 3.12. The summed E-state index contributed by atoms with van der Waals surface area (Å²) < 4.78 is 0. The van der Waals surface area contributed by atoms with Crippen molar-refractivity contribution >= 4 is 17.4 Å². The summed E-state index contributed by atoms with van der Waals surface area (Å²) >= 11 is 0. The van der Waals surface area contributed by atoms with E-state index >= 15 is 0 Å². The van der Waals surface area contributed by atoms with Gasteiger partial charge in [-0.25, -0.2) is 10.8 Å². The molecule has 20 heavy (non-hydrogen) atoms. The zero-order chi connectivity index (χ0) is 14.5. The third-order valence-electron chi connectivity index (χ3n) is 3.12. The second kappa shape index (κ2) is 6.16. The van der Waals surface area contributed by atoms with E-state index < -0.39 is 0 Å². The van der Waals surface area contributed by atoms with Crippen LogP contribution in [0.1, 0.15) is 22.8 Å². The zero-order valence-corrected chi connectivity index (χ0v) is 11.6. The maximum Gasteiger partial charge on any atom is 0.258 e. The van der Waals surface area contributed by atoms with Crippen LogP contribution in [0.4, 0.5) is 11.5 Å². The lowest BCUT2D eigenvalue weighted by Gasteiger charge is -2.23. The molecule has 3 N–H and O–H groups in total. The van der Waals surface area contributed by atoms with Gasteiger partial charge in [-0.1, -0.05) is 18.2 Å². The van der Waals surface area contributed by atoms with Crippen LogP contribution in [0.15, 0.2) is 42.6 Å². The SMILES string of the molecule is CCN(C(=O)c1ccnc(NN)c1)c1ccccc1C. The van der Waals surface area contributed by atoms with Crippen molar-refractivity contribution < 1.29 is 4.79 Å². The van der Waals surface area contributed by atoms with E-state index in [1.54, 1.807) is 23.2 Å². The first-order chi connectivity index (χ1) is 9.67. The molecule has 2 aromatic rings. The molecule has 0 aliphatic carbocycles. The van der Waals surface area contributed by atoms with Gasteiger partial charge in [-0.2, -0.15) is 0 Å². The van der Waals surface area contributed by atoms with E-state index in [0.717, 1.165) is 11.3 Å². The minimum absolute atomic E-state index is 0.0688. The number of nitrogens with two attached hydrogens (primary N) is 1. The van der Waals surface area contributed by atoms with E-state index in [4.69, 9.17) is 5.84 Å². The Labute approximate surface area is 118 Å². The Morgan fingerprint density at radius 2 is 2.10 bits per heavy atom. The second-order valence-electron chi connectivity index (χ2n) is 4.41. The molecule has 5 nitrogen and oxygen atoms in total. The highest BCUT2D eigenvalue weighted by atomic mass is 16.2. The fraction of sp³-hybridized carbons (Fsp3) is 0.200. The number of hydrogen-bond donors (Lipinski definition) is 2. The van der Waals surface area contributed by atoms with Gasteiger partial charge in [0.25, 0.3) is 5.91 Å². The minimum Gasteiger partial charge on any atom is -0.308 e. The molecule has 0 saturated heterocycles. The standard InChI is InChI=1S/C15H18N4O/c1-3-19(13-7-5-4-6-11(13)2)15(20)12-8-9-17-14(10-12)18-16/h4-10H,3,16H2,1-2H3,(H,17,18). The number of nitrogen functional groups attached to an aromatic ring is 1. The molecule has 0 atom stereocenters. The number of pyridine rings is 1. The monoisotopic (exact) mass is 270 g/mol. The number of para-hydroxylation sites is 1. The van der Waals surface area contributed by atoms with Gasteiger partial charge in [0.05, 0.1) is 0 Å². The van der Waals surface area contributed by atoms with Gasteiger partial charge in [0.15, 0.2) is 0 Å². The van der Waals surface area contributed by atoms with Crippen LogP contribution in [0.3, 0.4) is 0 Å². The molecule has 1 aromatic carbocycles. The summed E-state index contributed by atoms with van der Waals surface area (Å²) in [5, 5.41) is 0. The number of hydrazine groups is 1. The van der Waals surface area contributed by atoms with Crippen LogP contribution in [0.25, 0.3) is 0 Å². The summed E-state index contributed by atoms with van der Waals surface area (Å²) in [5.41, 5.74) is 4.98. The fourth-order valence-corrected chi connectivity index (χ4v) is 2.09. The van der Waals surface area contributed by atoms with Crippen molar-refractivity contribution in [2.24, 2.45) is 5.84 Å². The normalized spacial score (nSPS) is 10.2. The van der Waals surface area contributed by atoms with Gasteiger partial charge in [0.2, 0.25) is 0 Å². The number of carbonyl (C=O) groups excluding carboxylic acids is 1. The van der Waals surface area contributed by atoms with Crippen molar-refractivity contribution in [1.82, 2.24) is 4.98 Å². The number of amides is 1. The first-order valence-corrected chi connectivity index (χ1v) is 6.47. The number of benzene rings is 1. The van der Waals surface area contributed by atoms with E-state index in [1.807, 2.05) is 38.1 Å². The Kier molecular flexibility index (Phi) is 4.32. The second-order valence-corrected chi connectivity index (χ2v) is 4.41. The zero-order valence-electron chi connectivity index (χ0n) is 11.6. The highest BCUT2D eigenvalue weighted by molar-refractivity contribution is 6.06. The Bertz CT molecular complexity index is 612. The van der Waals surface area contributed by atoms with Crippen molar-refractivity contribution in [2.75, 3.05) is 16.9 Å². The lowest BCUT2D eigenvalue weighted by Crippen LogP contribution is -2.31. The average molecular weight is 270 g/mol. The molecule has 0 unspecified atom stereocenters. The molecular formula is C15H18N4O. The summed E-state index contributed by atoms with van der Waals surface area (Å²) in [6.07, 6.45) is 1.56. The summed E-state index contributed by atoms with van der Waals surface area (Å²) in [6, 6.07) is 11.1. The molecule has 0 saturated carbocycles. The van der Waals surface area contributed by atoms with Crippen LogP contribution in [0.2, 0.25) is 0 Å². The number of nitrogens with one attached hydrogen (secondary N) is 1. The number of carbonyl (C=O) groups is 1. The molecular weight excluding hydrogens is 252 g/mol. The molecule has 0 spiro atoms. The highest BCUT2D eigenvalue weighted by Gasteiger charge is 2.17.